The molecule has 1 amide bonds. The number of aromatic nitrogens is 1. The first-order valence-electron chi connectivity index (χ1n) is 8.96. The highest BCUT2D eigenvalue weighted by molar-refractivity contribution is 5.98. The van der Waals surface area contributed by atoms with Crippen LogP contribution in [0.15, 0.2) is 30.3 Å². The van der Waals surface area contributed by atoms with E-state index in [1.807, 2.05) is 37.3 Å². The number of fused-ring (bicyclic) bond motifs is 1. The summed E-state index contributed by atoms with van der Waals surface area (Å²) in [6, 6.07) is 10.1. The molecule has 2 heterocycles. The Labute approximate surface area is 142 Å². The molecule has 2 aromatic rings. The van der Waals surface area contributed by atoms with E-state index in [0.29, 0.717) is 5.56 Å². The first kappa shape index (κ1) is 15.6. The summed E-state index contributed by atoms with van der Waals surface area (Å²) in [6.45, 7) is 2.66. The molecule has 4 rings (SSSR count). The molecule has 1 unspecified atom stereocenters. The first-order chi connectivity index (χ1) is 11.7. The molecule has 1 saturated carbocycles. The molecule has 1 saturated heterocycles. The molecule has 1 aliphatic heterocycles. The largest absolute Gasteiger partial charge is 0.375 e. The molecule has 1 atom stereocenters. The van der Waals surface area contributed by atoms with Crippen LogP contribution in [0.4, 0.5) is 0 Å². The fourth-order valence-corrected chi connectivity index (χ4v) is 4.22. The number of rotatable bonds is 2. The molecule has 4 nitrogen and oxygen atoms in total. The van der Waals surface area contributed by atoms with E-state index < -0.39 is 0 Å². The minimum atomic E-state index is -0.00852. The van der Waals surface area contributed by atoms with Crippen molar-refractivity contribution in [2.75, 3.05) is 6.61 Å². The lowest BCUT2D eigenvalue weighted by Gasteiger charge is -2.38. The summed E-state index contributed by atoms with van der Waals surface area (Å²) in [5, 5.41) is 4.24. The van der Waals surface area contributed by atoms with Gasteiger partial charge in [-0.05, 0) is 44.7 Å². The summed E-state index contributed by atoms with van der Waals surface area (Å²) in [5.41, 5.74) is 2.42. The monoisotopic (exact) mass is 324 g/mol. The standard InChI is InChI=1S/C20H24N2O2/c1-14-17(12-15-6-2-3-7-18(15)21-14)19(23)22-16-8-11-24-20(13-16)9-4-5-10-20/h2-3,6-7,12,16H,4-5,8-11,13H2,1H3,(H,22,23). The highest BCUT2D eigenvalue weighted by atomic mass is 16.5. The maximum Gasteiger partial charge on any atom is 0.253 e. The molecule has 24 heavy (non-hydrogen) atoms. The molecule has 0 radical (unpaired) electrons. The van der Waals surface area contributed by atoms with Crippen molar-refractivity contribution in [1.82, 2.24) is 10.3 Å². The highest BCUT2D eigenvalue weighted by Gasteiger charge is 2.40. The number of ether oxygens (including phenoxy) is 1. The molecule has 2 fully saturated rings. The summed E-state index contributed by atoms with van der Waals surface area (Å²) in [7, 11) is 0. The number of benzene rings is 1. The molecule has 2 aliphatic rings. The van der Waals surface area contributed by atoms with Crippen molar-refractivity contribution >= 4 is 16.8 Å². The van der Waals surface area contributed by atoms with Crippen LogP contribution in [0.2, 0.25) is 0 Å². The molecule has 0 bridgehead atoms. The van der Waals surface area contributed by atoms with Crippen molar-refractivity contribution in [2.45, 2.75) is 57.1 Å². The van der Waals surface area contributed by atoms with Gasteiger partial charge in [0.2, 0.25) is 0 Å². The van der Waals surface area contributed by atoms with Gasteiger partial charge in [0, 0.05) is 18.0 Å². The Balaban J connectivity index is 1.52. The van der Waals surface area contributed by atoms with Gasteiger partial charge in [-0.3, -0.25) is 9.78 Å². The van der Waals surface area contributed by atoms with E-state index >= 15 is 0 Å². The van der Waals surface area contributed by atoms with Crippen molar-refractivity contribution in [3.63, 3.8) is 0 Å². The van der Waals surface area contributed by atoms with Crippen LogP contribution in [0, 0.1) is 6.92 Å². The second-order valence-electron chi connectivity index (χ2n) is 7.22. The van der Waals surface area contributed by atoms with Crippen LogP contribution in [0.1, 0.15) is 54.6 Å². The van der Waals surface area contributed by atoms with E-state index in [2.05, 4.69) is 10.3 Å². The number of nitrogens with zero attached hydrogens (tertiary/aromatic N) is 1. The van der Waals surface area contributed by atoms with Gasteiger partial charge in [-0.1, -0.05) is 31.0 Å². The van der Waals surface area contributed by atoms with Crippen molar-refractivity contribution in [2.24, 2.45) is 0 Å². The zero-order valence-corrected chi connectivity index (χ0v) is 14.2. The quantitative estimate of drug-likeness (QED) is 0.915. The zero-order chi connectivity index (χ0) is 16.6. The average molecular weight is 324 g/mol. The van der Waals surface area contributed by atoms with Crippen LogP contribution in [0.3, 0.4) is 0 Å². The number of carbonyl (C=O) groups excluding carboxylic acids is 1. The highest BCUT2D eigenvalue weighted by Crippen LogP contribution is 2.40. The van der Waals surface area contributed by atoms with E-state index in [1.165, 1.54) is 12.8 Å². The van der Waals surface area contributed by atoms with E-state index in [0.717, 1.165) is 48.9 Å². The van der Waals surface area contributed by atoms with Gasteiger partial charge >= 0.3 is 0 Å². The predicted molar refractivity (Wildman–Crippen MR) is 94.1 cm³/mol. The van der Waals surface area contributed by atoms with E-state index in [9.17, 15) is 4.79 Å². The summed E-state index contributed by atoms with van der Waals surface area (Å²) in [6.07, 6.45) is 6.60. The lowest BCUT2D eigenvalue weighted by atomic mass is 9.89. The molecule has 4 heteroatoms. The van der Waals surface area contributed by atoms with Crippen molar-refractivity contribution in [1.29, 1.82) is 0 Å². The topological polar surface area (TPSA) is 51.2 Å². The Morgan fingerprint density at radius 2 is 2.08 bits per heavy atom. The Morgan fingerprint density at radius 3 is 2.92 bits per heavy atom. The lowest BCUT2D eigenvalue weighted by molar-refractivity contribution is -0.0823. The predicted octanol–water partition coefficient (Wildman–Crippen LogP) is 3.76. The van der Waals surface area contributed by atoms with Crippen LogP contribution in [-0.2, 0) is 4.74 Å². The number of amides is 1. The summed E-state index contributed by atoms with van der Waals surface area (Å²) in [5.74, 6) is -0.00852. The van der Waals surface area contributed by atoms with Gasteiger partial charge in [0.05, 0.1) is 22.4 Å². The molecular weight excluding hydrogens is 300 g/mol. The number of hydrogen-bond donors (Lipinski definition) is 1. The number of aryl methyl sites for hydroxylation is 1. The van der Waals surface area contributed by atoms with Crippen molar-refractivity contribution in [3.8, 4) is 0 Å². The molecule has 1 spiro atoms. The zero-order valence-electron chi connectivity index (χ0n) is 14.2. The second kappa shape index (κ2) is 6.17. The third-order valence-corrected chi connectivity index (χ3v) is 5.50. The van der Waals surface area contributed by atoms with Crippen LogP contribution < -0.4 is 5.32 Å². The molecule has 1 aromatic carbocycles. The van der Waals surface area contributed by atoms with Crippen molar-refractivity contribution < 1.29 is 9.53 Å². The molecule has 1 aliphatic carbocycles. The lowest BCUT2D eigenvalue weighted by Crippen LogP contribution is -2.47. The SMILES string of the molecule is Cc1nc2ccccc2cc1C(=O)NC1CCOC2(CCCC2)C1. The number of carbonyl (C=O) groups is 1. The fourth-order valence-electron chi connectivity index (χ4n) is 4.22. The number of hydrogen-bond acceptors (Lipinski definition) is 3. The van der Waals surface area contributed by atoms with Gasteiger partial charge in [0.15, 0.2) is 0 Å². The van der Waals surface area contributed by atoms with Crippen LogP contribution >= 0.6 is 0 Å². The van der Waals surface area contributed by atoms with Gasteiger partial charge in [0.1, 0.15) is 0 Å². The third-order valence-electron chi connectivity index (χ3n) is 5.50. The maximum atomic E-state index is 12.8. The Bertz CT molecular complexity index is 765. The van der Waals surface area contributed by atoms with Gasteiger partial charge in [-0.25, -0.2) is 0 Å². The Kier molecular flexibility index (Phi) is 4.01. The maximum absolute atomic E-state index is 12.8. The summed E-state index contributed by atoms with van der Waals surface area (Å²) >= 11 is 0. The summed E-state index contributed by atoms with van der Waals surface area (Å²) < 4.78 is 6.06. The number of para-hydroxylation sites is 1. The van der Waals surface area contributed by atoms with E-state index in [1.54, 1.807) is 0 Å². The first-order valence-corrected chi connectivity index (χ1v) is 8.96. The third kappa shape index (κ3) is 2.91. The smallest absolute Gasteiger partial charge is 0.253 e. The molecule has 1 aromatic heterocycles. The molecule has 1 N–H and O–H groups in total. The molecule has 126 valence electrons. The van der Waals surface area contributed by atoms with Gasteiger partial charge in [0.25, 0.3) is 5.91 Å². The van der Waals surface area contributed by atoms with Gasteiger partial charge in [-0.2, -0.15) is 0 Å². The Morgan fingerprint density at radius 1 is 1.29 bits per heavy atom. The van der Waals surface area contributed by atoms with E-state index in [-0.39, 0.29) is 17.6 Å². The minimum Gasteiger partial charge on any atom is -0.375 e. The number of nitrogens with one attached hydrogen (secondary N) is 1. The van der Waals surface area contributed by atoms with Crippen LogP contribution in [0.25, 0.3) is 10.9 Å². The average Bonchev–Trinajstić information content (AvgIpc) is 3.01. The second-order valence-corrected chi connectivity index (χ2v) is 7.22. The van der Waals surface area contributed by atoms with Crippen LogP contribution in [0.5, 0.6) is 0 Å². The summed E-state index contributed by atoms with van der Waals surface area (Å²) in [4.78, 5) is 17.4. The fraction of sp³-hybridized carbons (Fsp3) is 0.500. The minimum absolute atomic E-state index is 0.00852. The van der Waals surface area contributed by atoms with E-state index in [4.69, 9.17) is 4.74 Å². The van der Waals surface area contributed by atoms with Gasteiger partial charge in [-0.15, -0.1) is 0 Å². The van der Waals surface area contributed by atoms with Crippen LogP contribution in [-0.4, -0.2) is 29.1 Å². The van der Waals surface area contributed by atoms with Crippen molar-refractivity contribution in [3.05, 3.63) is 41.6 Å². The molecular formula is C20H24N2O2. The normalized spacial score (nSPS) is 22.8. The van der Waals surface area contributed by atoms with Gasteiger partial charge < -0.3 is 10.1 Å². The number of pyridine rings is 1. The Hall–Kier alpha value is -1.94.